The predicted molar refractivity (Wildman–Crippen MR) is 105 cm³/mol. The van der Waals surface area contributed by atoms with Crippen molar-refractivity contribution < 1.29 is 9.32 Å². The first-order valence-electron chi connectivity index (χ1n) is 9.92. The van der Waals surface area contributed by atoms with Gasteiger partial charge >= 0.3 is 0 Å². The fourth-order valence-electron chi connectivity index (χ4n) is 3.54. The third-order valence-corrected chi connectivity index (χ3v) is 5.32. The van der Waals surface area contributed by atoms with E-state index >= 15 is 0 Å². The van der Waals surface area contributed by atoms with Crippen molar-refractivity contribution in [1.82, 2.24) is 20.4 Å². The summed E-state index contributed by atoms with van der Waals surface area (Å²) in [5.74, 6) is 2.46. The number of nitrogens with one attached hydrogen (secondary N) is 1. The highest BCUT2D eigenvalue weighted by Crippen LogP contribution is 2.21. The third-order valence-electron chi connectivity index (χ3n) is 5.32. The fraction of sp³-hybridized carbons (Fsp3) is 0.571. The lowest BCUT2D eigenvalue weighted by atomic mass is 9.96. The Labute approximate surface area is 161 Å². The number of carbonyl (C=O) groups excluding carboxylic acids is 1. The summed E-state index contributed by atoms with van der Waals surface area (Å²) in [6.07, 6.45) is 3.06. The number of hydrogen-bond acceptors (Lipinski definition) is 5. The molecule has 1 aliphatic rings. The van der Waals surface area contributed by atoms with Gasteiger partial charge in [-0.3, -0.25) is 4.79 Å². The molecule has 0 radical (unpaired) electrons. The number of hydrogen-bond donors (Lipinski definition) is 1. The van der Waals surface area contributed by atoms with Crippen LogP contribution >= 0.6 is 0 Å². The second-order valence-electron chi connectivity index (χ2n) is 7.67. The maximum atomic E-state index is 12.4. The minimum atomic E-state index is 0.180. The smallest absolute Gasteiger partial charge is 0.227 e. The van der Waals surface area contributed by atoms with Crippen LogP contribution in [-0.4, -0.2) is 47.6 Å². The molecule has 6 heteroatoms. The molecule has 2 heterocycles. The van der Waals surface area contributed by atoms with Gasteiger partial charge < -0.3 is 14.7 Å². The Morgan fingerprint density at radius 3 is 2.59 bits per heavy atom. The molecule has 0 spiro atoms. The van der Waals surface area contributed by atoms with Crippen LogP contribution in [0.25, 0.3) is 11.4 Å². The van der Waals surface area contributed by atoms with E-state index in [4.69, 9.17) is 4.52 Å². The summed E-state index contributed by atoms with van der Waals surface area (Å²) >= 11 is 0. The minimum absolute atomic E-state index is 0.180. The molecule has 1 fully saturated rings. The molecule has 0 aliphatic carbocycles. The zero-order valence-electron chi connectivity index (χ0n) is 16.6. The van der Waals surface area contributed by atoms with Crippen LogP contribution in [0.1, 0.15) is 50.5 Å². The Balaban J connectivity index is 1.50. The second-order valence-corrected chi connectivity index (χ2v) is 7.67. The Morgan fingerprint density at radius 2 is 1.96 bits per heavy atom. The lowest BCUT2D eigenvalue weighted by Gasteiger charge is -2.31. The maximum absolute atomic E-state index is 12.4. The molecule has 0 bridgehead atoms. The lowest BCUT2D eigenvalue weighted by molar-refractivity contribution is -0.132. The molecule has 0 atom stereocenters. The molecule has 0 saturated carbocycles. The minimum Gasteiger partial charge on any atom is -0.343 e. The van der Waals surface area contributed by atoms with E-state index in [9.17, 15) is 4.79 Å². The Morgan fingerprint density at radius 1 is 1.26 bits per heavy atom. The summed E-state index contributed by atoms with van der Waals surface area (Å²) in [5.41, 5.74) is 2.22. The molecule has 0 unspecified atom stereocenters. The van der Waals surface area contributed by atoms with Gasteiger partial charge in [-0.05, 0) is 43.8 Å². The summed E-state index contributed by atoms with van der Waals surface area (Å²) in [4.78, 5) is 18.9. The molecular weight excluding hydrogens is 340 g/mol. The van der Waals surface area contributed by atoms with Crippen LogP contribution in [0, 0.1) is 5.92 Å². The van der Waals surface area contributed by atoms with Crippen LogP contribution in [0.4, 0.5) is 0 Å². The molecule has 1 aliphatic heterocycles. The molecular formula is C21H30N4O2. The second kappa shape index (κ2) is 9.13. The monoisotopic (exact) mass is 370 g/mol. The summed E-state index contributed by atoms with van der Waals surface area (Å²) in [6, 6.07) is 8.23. The number of nitrogens with zero attached hydrogens (tertiary/aromatic N) is 3. The highest BCUT2D eigenvalue weighted by atomic mass is 16.5. The first-order chi connectivity index (χ1) is 13.1. The molecule has 27 heavy (non-hydrogen) atoms. The van der Waals surface area contributed by atoms with Crippen LogP contribution in [0.15, 0.2) is 28.8 Å². The predicted octanol–water partition coefficient (Wildman–Crippen LogP) is 3.25. The standard InChI is InChI=1S/C21H30N4O2/c1-15(2)17-4-6-18(7-5-17)21-23-19(27-24-21)8-9-20(26)25-12-10-16(11-13-25)14-22-3/h4-7,15-16,22H,8-14H2,1-3H3. The maximum Gasteiger partial charge on any atom is 0.227 e. The van der Waals surface area contributed by atoms with Gasteiger partial charge in [0.1, 0.15) is 0 Å². The average Bonchev–Trinajstić information content (AvgIpc) is 3.16. The summed E-state index contributed by atoms with van der Waals surface area (Å²) < 4.78 is 5.34. The van der Waals surface area contributed by atoms with E-state index in [2.05, 4.69) is 41.4 Å². The van der Waals surface area contributed by atoms with E-state index in [1.807, 2.05) is 24.1 Å². The Bertz CT molecular complexity index is 731. The van der Waals surface area contributed by atoms with Crippen LogP contribution < -0.4 is 5.32 Å². The van der Waals surface area contributed by atoms with Gasteiger partial charge in [-0.2, -0.15) is 4.98 Å². The van der Waals surface area contributed by atoms with Crippen LogP contribution in [0.3, 0.4) is 0 Å². The van der Waals surface area contributed by atoms with Crippen molar-refractivity contribution in [1.29, 1.82) is 0 Å². The van der Waals surface area contributed by atoms with Crippen LogP contribution in [-0.2, 0) is 11.2 Å². The van der Waals surface area contributed by atoms with E-state index < -0.39 is 0 Å². The van der Waals surface area contributed by atoms with Crippen LogP contribution in [0.5, 0.6) is 0 Å². The molecule has 1 aromatic heterocycles. The van der Waals surface area contributed by atoms with Gasteiger partial charge in [-0.15, -0.1) is 0 Å². The van der Waals surface area contributed by atoms with Gasteiger partial charge in [0.15, 0.2) is 0 Å². The fourth-order valence-corrected chi connectivity index (χ4v) is 3.54. The van der Waals surface area contributed by atoms with Gasteiger partial charge in [-0.1, -0.05) is 43.3 Å². The van der Waals surface area contributed by atoms with Gasteiger partial charge in [0.05, 0.1) is 0 Å². The number of aromatic nitrogens is 2. The van der Waals surface area contributed by atoms with Gasteiger partial charge in [0, 0.05) is 31.5 Å². The number of amides is 1. The van der Waals surface area contributed by atoms with Crippen molar-refractivity contribution in [3.8, 4) is 11.4 Å². The van der Waals surface area contributed by atoms with E-state index in [0.717, 1.165) is 38.0 Å². The van der Waals surface area contributed by atoms with Gasteiger partial charge in [0.25, 0.3) is 0 Å². The van der Waals surface area contributed by atoms with Crippen LogP contribution in [0.2, 0.25) is 0 Å². The van der Waals surface area contributed by atoms with Crippen molar-refractivity contribution in [3.63, 3.8) is 0 Å². The quantitative estimate of drug-likeness (QED) is 0.810. The van der Waals surface area contributed by atoms with Crippen molar-refractivity contribution in [2.45, 2.75) is 45.4 Å². The molecule has 1 saturated heterocycles. The summed E-state index contributed by atoms with van der Waals surface area (Å²) in [7, 11) is 1.98. The molecule has 6 nitrogen and oxygen atoms in total. The number of carbonyl (C=O) groups is 1. The summed E-state index contributed by atoms with van der Waals surface area (Å²) in [6.45, 7) is 7.07. The first kappa shape index (κ1) is 19.5. The lowest BCUT2D eigenvalue weighted by Crippen LogP contribution is -2.40. The molecule has 1 aromatic carbocycles. The topological polar surface area (TPSA) is 71.3 Å². The average molecular weight is 370 g/mol. The van der Waals surface area contributed by atoms with E-state index in [1.54, 1.807) is 0 Å². The number of aryl methyl sites for hydroxylation is 1. The van der Waals surface area contributed by atoms with Crippen molar-refractivity contribution in [2.75, 3.05) is 26.7 Å². The van der Waals surface area contributed by atoms with E-state index in [1.165, 1.54) is 5.56 Å². The molecule has 3 rings (SSSR count). The molecule has 1 amide bonds. The van der Waals surface area contributed by atoms with E-state index in [0.29, 0.717) is 36.4 Å². The van der Waals surface area contributed by atoms with E-state index in [-0.39, 0.29) is 5.91 Å². The molecule has 2 aromatic rings. The zero-order valence-corrected chi connectivity index (χ0v) is 16.6. The highest BCUT2D eigenvalue weighted by molar-refractivity contribution is 5.76. The zero-order chi connectivity index (χ0) is 19.2. The number of piperidine rings is 1. The number of likely N-dealkylation sites (tertiary alicyclic amines) is 1. The van der Waals surface area contributed by atoms with Gasteiger partial charge in [0.2, 0.25) is 17.6 Å². The van der Waals surface area contributed by atoms with Crippen molar-refractivity contribution >= 4 is 5.91 Å². The normalized spacial score (nSPS) is 15.5. The third kappa shape index (κ3) is 5.16. The van der Waals surface area contributed by atoms with Crippen molar-refractivity contribution in [2.24, 2.45) is 5.92 Å². The Hall–Kier alpha value is -2.21. The molecule has 1 N–H and O–H groups in total. The van der Waals surface area contributed by atoms with Gasteiger partial charge in [-0.25, -0.2) is 0 Å². The largest absolute Gasteiger partial charge is 0.343 e. The van der Waals surface area contributed by atoms with Crippen molar-refractivity contribution in [3.05, 3.63) is 35.7 Å². The highest BCUT2D eigenvalue weighted by Gasteiger charge is 2.22. The Kier molecular flexibility index (Phi) is 6.61. The summed E-state index contributed by atoms with van der Waals surface area (Å²) in [5, 5.41) is 7.29. The number of rotatable bonds is 7. The SMILES string of the molecule is CNCC1CCN(C(=O)CCc2nc(-c3ccc(C(C)C)cc3)no2)CC1. The first-order valence-corrected chi connectivity index (χ1v) is 9.92. The number of benzene rings is 1. The molecule has 146 valence electrons.